The maximum atomic E-state index is 11.7. The van der Waals surface area contributed by atoms with Crippen LogP contribution in [-0.2, 0) is 4.79 Å². The van der Waals surface area contributed by atoms with Crippen molar-refractivity contribution in [3.05, 3.63) is 12.2 Å². The molecule has 1 heterocycles. The number of rotatable bonds is 3. The first-order valence-electron chi connectivity index (χ1n) is 5.40. The van der Waals surface area contributed by atoms with Crippen LogP contribution in [0.25, 0.3) is 0 Å². The van der Waals surface area contributed by atoms with Crippen LogP contribution in [0.3, 0.4) is 0 Å². The highest BCUT2D eigenvalue weighted by Gasteiger charge is 2.27. The number of carbonyl (C=O) groups is 2. The third kappa shape index (κ3) is 3.56. The van der Waals surface area contributed by atoms with Gasteiger partial charge in [-0.25, -0.2) is 4.79 Å². The van der Waals surface area contributed by atoms with Gasteiger partial charge in [0.25, 0.3) is 0 Å². The van der Waals surface area contributed by atoms with Crippen molar-refractivity contribution < 1.29 is 14.7 Å². The third-order valence-electron chi connectivity index (χ3n) is 2.60. The topological polar surface area (TPSA) is 69.6 Å². The minimum Gasteiger partial charge on any atom is -0.481 e. The van der Waals surface area contributed by atoms with Gasteiger partial charge in [0.05, 0.1) is 5.92 Å². The van der Waals surface area contributed by atoms with Gasteiger partial charge in [0, 0.05) is 19.6 Å². The van der Waals surface area contributed by atoms with Gasteiger partial charge in [-0.15, -0.1) is 0 Å². The molecule has 1 aliphatic rings. The number of carboxylic acids is 1. The van der Waals surface area contributed by atoms with E-state index in [4.69, 9.17) is 5.11 Å². The highest BCUT2D eigenvalue weighted by atomic mass is 16.4. The summed E-state index contributed by atoms with van der Waals surface area (Å²) in [4.78, 5) is 24.0. The molecule has 5 nitrogen and oxygen atoms in total. The van der Waals surface area contributed by atoms with E-state index in [0.29, 0.717) is 26.1 Å². The standard InChI is InChI=1S/C11H18N2O3/c1-8(2)6-12-11(16)13-5-3-4-9(7-13)10(14)15/h9H,1,3-7H2,2H3,(H,12,16)(H,14,15)/t9-/m0/s1. The predicted molar refractivity (Wildman–Crippen MR) is 60.1 cm³/mol. The number of carbonyl (C=O) groups excluding carboxylic acids is 1. The summed E-state index contributed by atoms with van der Waals surface area (Å²) in [6.45, 7) is 6.89. The molecule has 0 aromatic heterocycles. The zero-order valence-corrected chi connectivity index (χ0v) is 9.53. The van der Waals surface area contributed by atoms with Crippen molar-refractivity contribution in [2.45, 2.75) is 19.8 Å². The first-order valence-corrected chi connectivity index (χ1v) is 5.40. The van der Waals surface area contributed by atoms with E-state index in [0.717, 1.165) is 12.0 Å². The Bertz CT molecular complexity index is 302. The molecule has 0 aliphatic carbocycles. The van der Waals surface area contributed by atoms with Gasteiger partial charge in [0.15, 0.2) is 0 Å². The summed E-state index contributed by atoms with van der Waals surface area (Å²) in [5.41, 5.74) is 0.875. The highest BCUT2D eigenvalue weighted by molar-refractivity contribution is 5.76. The number of piperidine rings is 1. The van der Waals surface area contributed by atoms with E-state index in [-0.39, 0.29) is 6.03 Å². The normalized spacial score (nSPS) is 20.3. The lowest BCUT2D eigenvalue weighted by Crippen LogP contribution is -2.47. The molecule has 1 rings (SSSR count). The molecular formula is C11H18N2O3. The van der Waals surface area contributed by atoms with Crippen LogP contribution >= 0.6 is 0 Å². The van der Waals surface area contributed by atoms with Gasteiger partial charge in [-0.2, -0.15) is 0 Å². The molecule has 2 amide bonds. The zero-order valence-electron chi connectivity index (χ0n) is 9.53. The van der Waals surface area contributed by atoms with Crippen LogP contribution in [0.15, 0.2) is 12.2 Å². The van der Waals surface area contributed by atoms with Gasteiger partial charge in [0.2, 0.25) is 0 Å². The van der Waals surface area contributed by atoms with Crippen molar-refractivity contribution in [1.82, 2.24) is 10.2 Å². The van der Waals surface area contributed by atoms with Crippen molar-refractivity contribution in [2.24, 2.45) is 5.92 Å². The number of nitrogens with zero attached hydrogens (tertiary/aromatic N) is 1. The van der Waals surface area contributed by atoms with Gasteiger partial charge in [0.1, 0.15) is 0 Å². The van der Waals surface area contributed by atoms with Crippen LogP contribution in [0.1, 0.15) is 19.8 Å². The van der Waals surface area contributed by atoms with Gasteiger partial charge in [-0.3, -0.25) is 4.79 Å². The Morgan fingerprint density at radius 1 is 1.56 bits per heavy atom. The lowest BCUT2D eigenvalue weighted by Gasteiger charge is -2.30. The van der Waals surface area contributed by atoms with Gasteiger partial charge >= 0.3 is 12.0 Å². The molecule has 0 bridgehead atoms. The Kier molecular flexibility index (Phi) is 4.34. The Balaban J connectivity index is 2.43. The van der Waals surface area contributed by atoms with Crippen LogP contribution in [0.5, 0.6) is 0 Å². The maximum Gasteiger partial charge on any atom is 0.317 e. The largest absolute Gasteiger partial charge is 0.481 e. The SMILES string of the molecule is C=C(C)CNC(=O)N1CCC[C@H](C(=O)O)C1. The minimum absolute atomic E-state index is 0.200. The molecule has 0 unspecified atom stereocenters. The van der Waals surface area contributed by atoms with Crippen LogP contribution in [0, 0.1) is 5.92 Å². The van der Waals surface area contributed by atoms with Crippen LogP contribution < -0.4 is 5.32 Å². The number of nitrogens with one attached hydrogen (secondary N) is 1. The van der Waals surface area contributed by atoms with Crippen LogP contribution in [-0.4, -0.2) is 41.6 Å². The smallest absolute Gasteiger partial charge is 0.317 e. The van der Waals surface area contributed by atoms with Gasteiger partial charge in [-0.05, 0) is 19.8 Å². The van der Waals surface area contributed by atoms with Gasteiger partial charge in [-0.1, -0.05) is 12.2 Å². The minimum atomic E-state index is -0.822. The number of likely N-dealkylation sites (tertiary alicyclic amines) is 1. The fourth-order valence-corrected chi connectivity index (χ4v) is 1.70. The molecule has 16 heavy (non-hydrogen) atoms. The summed E-state index contributed by atoms with van der Waals surface area (Å²) in [6.07, 6.45) is 1.40. The molecule has 1 fully saturated rings. The first-order chi connectivity index (χ1) is 7.50. The van der Waals surface area contributed by atoms with E-state index < -0.39 is 11.9 Å². The second kappa shape index (κ2) is 5.53. The number of urea groups is 1. The van der Waals surface area contributed by atoms with Crippen LogP contribution in [0.2, 0.25) is 0 Å². The second-order valence-corrected chi connectivity index (χ2v) is 4.24. The number of aliphatic carboxylic acids is 1. The van der Waals surface area contributed by atoms with E-state index in [1.165, 1.54) is 0 Å². The molecule has 0 aromatic rings. The molecule has 90 valence electrons. The fourth-order valence-electron chi connectivity index (χ4n) is 1.70. The summed E-state index contributed by atoms with van der Waals surface area (Å²) in [7, 11) is 0. The first kappa shape index (κ1) is 12.5. The average molecular weight is 226 g/mol. The van der Waals surface area contributed by atoms with Crippen molar-refractivity contribution >= 4 is 12.0 Å². The molecule has 1 saturated heterocycles. The van der Waals surface area contributed by atoms with Crippen molar-refractivity contribution in [3.63, 3.8) is 0 Å². The lowest BCUT2D eigenvalue weighted by molar-refractivity contribution is -0.143. The van der Waals surface area contributed by atoms with Gasteiger partial charge < -0.3 is 15.3 Å². The second-order valence-electron chi connectivity index (χ2n) is 4.24. The lowest BCUT2D eigenvalue weighted by atomic mass is 9.99. The van der Waals surface area contributed by atoms with E-state index in [1.54, 1.807) is 4.90 Å². The third-order valence-corrected chi connectivity index (χ3v) is 2.60. The zero-order chi connectivity index (χ0) is 12.1. The molecule has 5 heteroatoms. The Morgan fingerprint density at radius 3 is 2.81 bits per heavy atom. The summed E-state index contributed by atoms with van der Waals surface area (Å²) in [6, 6.07) is -0.200. The molecule has 0 radical (unpaired) electrons. The van der Waals surface area contributed by atoms with E-state index in [9.17, 15) is 9.59 Å². The molecule has 1 aliphatic heterocycles. The number of hydrogen-bond donors (Lipinski definition) is 2. The quantitative estimate of drug-likeness (QED) is 0.707. The summed E-state index contributed by atoms with van der Waals surface area (Å²) >= 11 is 0. The Labute approximate surface area is 95.1 Å². The molecule has 0 spiro atoms. The van der Waals surface area contributed by atoms with Crippen molar-refractivity contribution in [3.8, 4) is 0 Å². The fraction of sp³-hybridized carbons (Fsp3) is 0.636. The molecule has 0 aromatic carbocycles. The summed E-state index contributed by atoms with van der Waals surface area (Å²) < 4.78 is 0. The van der Waals surface area contributed by atoms with Crippen LogP contribution in [0.4, 0.5) is 4.79 Å². The van der Waals surface area contributed by atoms with E-state index in [2.05, 4.69) is 11.9 Å². The Morgan fingerprint density at radius 2 is 2.25 bits per heavy atom. The molecular weight excluding hydrogens is 208 g/mol. The molecule has 1 atom stereocenters. The highest BCUT2D eigenvalue weighted by Crippen LogP contribution is 2.16. The Hall–Kier alpha value is -1.52. The summed E-state index contributed by atoms with van der Waals surface area (Å²) in [5, 5.41) is 11.6. The predicted octanol–water partition coefficient (Wildman–Crippen LogP) is 1.07. The van der Waals surface area contributed by atoms with E-state index >= 15 is 0 Å². The monoisotopic (exact) mass is 226 g/mol. The number of carboxylic acid groups (broad SMARTS) is 1. The van der Waals surface area contributed by atoms with Crippen molar-refractivity contribution in [2.75, 3.05) is 19.6 Å². The molecule has 2 N–H and O–H groups in total. The maximum absolute atomic E-state index is 11.7. The number of amides is 2. The van der Waals surface area contributed by atoms with E-state index in [1.807, 2.05) is 6.92 Å². The molecule has 0 saturated carbocycles. The summed E-state index contributed by atoms with van der Waals surface area (Å²) in [5.74, 6) is -1.25. The average Bonchev–Trinajstić information content (AvgIpc) is 2.26. The van der Waals surface area contributed by atoms with Crippen molar-refractivity contribution in [1.29, 1.82) is 0 Å². The number of hydrogen-bond acceptors (Lipinski definition) is 2.